The molecule has 2 aliphatic rings. The monoisotopic (exact) mass is 288 g/mol. The number of hydrogen-bond donors (Lipinski definition) is 1. The van der Waals surface area contributed by atoms with Crippen molar-refractivity contribution in [1.82, 2.24) is 14.8 Å². The molecule has 3 unspecified atom stereocenters. The van der Waals surface area contributed by atoms with Gasteiger partial charge in [-0.25, -0.2) is 0 Å². The zero-order valence-electron chi connectivity index (χ0n) is 13.1. The lowest BCUT2D eigenvalue weighted by atomic mass is 9.93. The van der Waals surface area contributed by atoms with E-state index in [1.807, 2.05) is 18.5 Å². The molecule has 0 amide bonds. The van der Waals surface area contributed by atoms with E-state index in [-0.39, 0.29) is 6.04 Å². The van der Waals surface area contributed by atoms with Crippen molar-refractivity contribution in [3.8, 4) is 0 Å². The van der Waals surface area contributed by atoms with Crippen LogP contribution < -0.4 is 5.73 Å². The normalized spacial score (nSPS) is 27.0. The number of aromatic nitrogens is 1. The van der Waals surface area contributed by atoms with Gasteiger partial charge in [0.1, 0.15) is 0 Å². The first-order valence-electron chi connectivity index (χ1n) is 8.43. The van der Waals surface area contributed by atoms with E-state index in [2.05, 4.69) is 27.8 Å². The molecule has 116 valence electrons. The highest BCUT2D eigenvalue weighted by molar-refractivity contribution is 5.17. The zero-order valence-corrected chi connectivity index (χ0v) is 13.1. The Morgan fingerprint density at radius 3 is 3.00 bits per heavy atom. The maximum atomic E-state index is 6.47. The molecule has 2 aliphatic heterocycles. The highest BCUT2D eigenvalue weighted by Crippen LogP contribution is 2.29. The molecule has 2 fully saturated rings. The molecule has 3 rings (SSSR count). The lowest BCUT2D eigenvalue weighted by molar-refractivity contribution is 0.0202. The second kappa shape index (κ2) is 6.86. The third-order valence-corrected chi connectivity index (χ3v) is 5.17. The fourth-order valence-electron chi connectivity index (χ4n) is 3.94. The number of rotatable bonds is 4. The predicted octanol–water partition coefficient (Wildman–Crippen LogP) is 2.03. The molecule has 21 heavy (non-hydrogen) atoms. The Morgan fingerprint density at radius 1 is 1.33 bits per heavy atom. The minimum absolute atomic E-state index is 0.185. The summed E-state index contributed by atoms with van der Waals surface area (Å²) in [5.41, 5.74) is 7.74. The van der Waals surface area contributed by atoms with Gasteiger partial charge in [-0.15, -0.1) is 0 Å². The lowest BCUT2D eigenvalue weighted by Gasteiger charge is -2.47. The molecule has 0 saturated carbocycles. The Hall–Kier alpha value is -0.970. The largest absolute Gasteiger partial charge is 0.326 e. The summed E-state index contributed by atoms with van der Waals surface area (Å²) in [6.45, 7) is 6.95. The second-order valence-electron chi connectivity index (χ2n) is 6.48. The second-order valence-corrected chi connectivity index (χ2v) is 6.48. The molecule has 4 heteroatoms. The molecule has 3 heterocycles. The number of nitrogens with zero attached hydrogens (tertiary/aromatic N) is 3. The van der Waals surface area contributed by atoms with Crippen molar-refractivity contribution in [3.63, 3.8) is 0 Å². The van der Waals surface area contributed by atoms with Crippen LogP contribution in [-0.2, 0) is 0 Å². The molecule has 0 radical (unpaired) electrons. The smallest absolute Gasteiger partial charge is 0.0515 e. The van der Waals surface area contributed by atoms with Crippen LogP contribution in [0.2, 0.25) is 0 Å². The summed E-state index contributed by atoms with van der Waals surface area (Å²) in [5, 5.41) is 0. The number of pyridine rings is 1. The summed E-state index contributed by atoms with van der Waals surface area (Å²) in [7, 11) is 0. The Morgan fingerprint density at radius 2 is 2.24 bits per heavy atom. The number of nitrogens with two attached hydrogens (primary N) is 1. The molecule has 0 aromatic carbocycles. The van der Waals surface area contributed by atoms with E-state index in [4.69, 9.17) is 5.73 Å². The van der Waals surface area contributed by atoms with Crippen molar-refractivity contribution in [2.75, 3.05) is 26.2 Å². The molecule has 1 aromatic rings. The van der Waals surface area contributed by atoms with Crippen molar-refractivity contribution in [2.24, 2.45) is 5.73 Å². The van der Waals surface area contributed by atoms with Crippen LogP contribution in [0.5, 0.6) is 0 Å². The van der Waals surface area contributed by atoms with Gasteiger partial charge in [-0.1, -0.05) is 19.4 Å². The van der Waals surface area contributed by atoms with Crippen molar-refractivity contribution in [2.45, 2.75) is 50.7 Å². The Labute approximate surface area is 128 Å². The molecule has 2 saturated heterocycles. The molecule has 0 spiro atoms. The number of piperidine rings is 1. The standard InChI is InChI=1S/C17H28N4/c1-2-16(18)17(14-6-5-8-19-12-14)21-11-10-20-9-4-3-7-15(20)13-21/h5-6,8,12,15-17H,2-4,7,9-11,13,18H2,1H3. The maximum Gasteiger partial charge on any atom is 0.0515 e. The van der Waals surface area contributed by atoms with Gasteiger partial charge in [-0.3, -0.25) is 14.8 Å². The number of piperazine rings is 1. The average Bonchev–Trinajstić information content (AvgIpc) is 2.56. The molecule has 2 N–H and O–H groups in total. The predicted molar refractivity (Wildman–Crippen MR) is 86.0 cm³/mol. The Balaban J connectivity index is 1.77. The van der Waals surface area contributed by atoms with Crippen LogP contribution in [0, 0.1) is 0 Å². The molecule has 4 nitrogen and oxygen atoms in total. The number of fused-ring (bicyclic) bond motifs is 1. The maximum absolute atomic E-state index is 6.47. The van der Waals surface area contributed by atoms with Gasteiger partial charge >= 0.3 is 0 Å². The topological polar surface area (TPSA) is 45.4 Å². The van der Waals surface area contributed by atoms with E-state index in [9.17, 15) is 0 Å². The molecular formula is C17H28N4. The van der Waals surface area contributed by atoms with Gasteiger partial charge in [0.15, 0.2) is 0 Å². The van der Waals surface area contributed by atoms with Gasteiger partial charge in [-0.2, -0.15) is 0 Å². The van der Waals surface area contributed by atoms with E-state index in [1.165, 1.54) is 37.9 Å². The lowest BCUT2D eigenvalue weighted by Crippen LogP contribution is -2.57. The van der Waals surface area contributed by atoms with Crippen molar-refractivity contribution in [1.29, 1.82) is 0 Å². The van der Waals surface area contributed by atoms with Crippen LogP contribution >= 0.6 is 0 Å². The average molecular weight is 288 g/mol. The summed E-state index contributed by atoms with van der Waals surface area (Å²) in [4.78, 5) is 9.59. The zero-order chi connectivity index (χ0) is 14.7. The van der Waals surface area contributed by atoms with Crippen LogP contribution in [0.15, 0.2) is 24.5 Å². The summed E-state index contributed by atoms with van der Waals surface area (Å²) in [6, 6.07) is 5.44. The summed E-state index contributed by atoms with van der Waals surface area (Å²) in [6.07, 6.45) is 8.94. The highest BCUT2D eigenvalue weighted by atomic mass is 15.3. The van der Waals surface area contributed by atoms with E-state index in [0.717, 1.165) is 25.6 Å². The molecular weight excluding hydrogens is 260 g/mol. The minimum Gasteiger partial charge on any atom is -0.326 e. The SMILES string of the molecule is CCC(N)C(c1cccnc1)N1CCN2CCCCC2C1. The summed E-state index contributed by atoms with van der Waals surface area (Å²) in [5.74, 6) is 0. The molecule has 3 atom stereocenters. The third-order valence-electron chi connectivity index (χ3n) is 5.17. The fourth-order valence-corrected chi connectivity index (χ4v) is 3.94. The first-order chi connectivity index (χ1) is 10.3. The van der Waals surface area contributed by atoms with Gasteiger partial charge in [0, 0.05) is 44.1 Å². The van der Waals surface area contributed by atoms with Gasteiger partial charge < -0.3 is 5.73 Å². The first-order valence-corrected chi connectivity index (χ1v) is 8.43. The van der Waals surface area contributed by atoms with Crippen LogP contribution in [-0.4, -0.2) is 53.0 Å². The van der Waals surface area contributed by atoms with Gasteiger partial charge in [-0.05, 0) is 37.4 Å². The minimum atomic E-state index is 0.185. The van der Waals surface area contributed by atoms with Crippen LogP contribution in [0.4, 0.5) is 0 Å². The van der Waals surface area contributed by atoms with Gasteiger partial charge in [0.05, 0.1) is 6.04 Å². The fraction of sp³-hybridized carbons (Fsp3) is 0.706. The van der Waals surface area contributed by atoms with Gasteiger partial charge in [0.2, 0.25) is 0 Å². The third kappa shape index (κ3) is 3.28. The van der Waals surface area contributed by atoms with E-state index >= 15 is 0 Å². The molecule has 0 aliphatic carbocycles. The first kappa shape index (κ1) is 14.9. The van der Waals surface area contributed by atoms with Gasteiger partial charge in [0.25, 0.3) is 0 Å². The molecule has 0 bridgehead atoms. The van der Waals surface area contributed by atoms with Crippen molar-refractivity contribution < 1.29 is 0 Å². The van der Waals surface area contributed by atoms with E-state index in [1.54, 1.807) is 0 Å². The summed E-state index contributed by atoms with van der Waals surface area (Å²) >= 11 is 0. The van der Waals surface area contributed by atoms with Crippen LogP contribution in [0.1, 0.15) is 44.2 Å². The summed E-state index contributed by atoms with van der Waals surface area (Å²) < 4.78 is 0. The van der Waals surface area contributed by atoms with E-state index < -0.39 is 0 Å². The Kier molecular flexibility index (Phi) is 4.88. The highest BCUT2D eigenvalue weighted by Gasteiger charge is 2.34. The van der Waals surface area contributed by atoms with E-state index in [0.29, 0.717) is 6.04 Å². The van der Waals surface area contributed by atoms with Crippen molar-refractivity contribution >= 4 is 0 Å². The van der Waals surface area contributed by atoms with Crippen LogP contribution in [0.25, 0.3) is 0 Å². The molecule has 1 aromatic heterocycles. The van der Waals surface area contributed by atoms with Crippen molar-refractivity contribution in [3.05, 3.63) is 30.1 Å². The van der Waals surface area contributed by atoms with Crippen LogP contribution in [0.3, 0.4) is 0 Å². The Bertz CT molecular complexity index is 436. The number of hydrogen-bond acceptors (Lipinski definition) is 4. The quantitative estimate of drug-likeness (QED) is 0.921.